The van der Waals surface area contributed by atoms with E-state index in [2.05, 4.69) is 34.5 Å². The number of carbonyl (C=O) groups is 1. The van der Waals surface area contributed by atoms with Gasteiger partial charge in [0.2, 0.25) is 5.91 Å². The second-order valence-corrected chi connectivity index (χ2v) is 5.15. The first kappa shape index (κ1) is 14.1. The third-order valence-corrected chi connectivity index (χ3v) is 3.28. The fraction of sp³-hybridized carbons (Fsp3) is 0.188. The van der Waals surface area contributed by atoms with Crippen LogP contribution in [0.25, 0.3) is 0 Å². The van der Waals surface area contributed by atoms with E-state index in [1.165, 1.54) is 5.56 Å². The van der Waals surface area contributed by atoms with Crippen molar-refractivity contribution >= 4 is 11.7 Å². The molecule has 0 atom stereocenters. The van der Waals surface area contributed by atoms with Gasteiger partial charge >= 0.3 is 0 Å². The van der Waals surface area contributed by atoms with E-state index in [0.717, 1.165) is 5.56 Å². The average Bonchev–Trinajstić information content (AvgIpc) is 3.12. The number of imidazole rings is 1. The van der Waals surface area contributed by atoms with Gasteiger partial charge in [-0.05, 0) is 12.5 Å². The van der Waals surface area contributed by atoms with E-state index in [4.69, 9.17) is 0 Å². The van der Waals surface area contributed by atoms with E-state index in [1.54, 1.807) is 40.2 Å². The highest BCUT2D eigenvalue weighted by molar-refractivity contribution is 5.89. The molecule has 0 bridgehead atoms. The lowest BCUT2D eigenvalue weighted by molar-refractivity contribution is -0.116. The maximum Gasteiger partial charge on any atom is 0.245 e. The summed E-state index contributed by atoms with van der Waals surface area (Å²) in [5, 5.41) is 7.15. The zero-order valence-electron chi connectivity index (χ0n) is 12.3. The van der Waals surface area contributed by atoms with E-state index in [1.807, 2.05) is 12.1 Å². The van der Waals surface area contributed by atoms with Gasteiger partial charge in [0.1, 0.15) is 12.4 Å². The second-order valence-electron chi connectivity index (χ2n) is 5.15. The molecule has 1 N–H and O–H groups in total. The number of anilines is 1. The summed E-state index contributed by atoms with van der Waals surface area (Å²) in [6, 6.07) is 10.0. The van der Waals surface area contributed by atoms with Crippen LogP contribution in [0.5, 0.6) is 0 Å². The number of nitrogens with zero attached hydrogens (tertiary/aromatic N) is 4. The first-order chi connectivity index (χ1) is 10.7. The van der Waals surface area contributed by atoms with Crippen LogP contribution < -0.4 is 5.32 Å². The molecule has 6 nitrogen and oxygen atoms in total. The zero-order chi connectivity index (χ0) is 15.4. The summed E-state index contributed by atoms with van der Waals surface area (Å²) < 4.78 is 3.50. The molecular formula is C16H17N5O. The van der Waals surface area contributed by atoms with Gasteiger partial charge in [-0.2, -0.15) is 5.10 Å². The van der Waals surface area contributed by atoms with Crippen LogP contribution in [-0.4, -0.2) is 25.2 Å². The molecule has 0 fully saturated rings. The lowest BCUT2D eigenvalue weighted by atomic mass is 10.1. The lowest BCUT2D eigenvalue weighted by Gasteiger charge is -2.10. The molecule has 3 aromatic rings. The minimum atomic E-state index is -0.107. The molecule has 22 heavy (non-hydrogen) atoms. The molecule has 3 rings (SSSR count). The van der Waals surface area contributed by atoms with Gasteiger partial charge in [-0.15, -0.1) is 0 Å². The van der Waals surface area contributed by atoms with Crippen LogP contribution >= 0.6 is 0 Å². The van der Waals surface area contributed by atoms with Crippen molar-refractivity contribution < 1.29 is 4.79 Å². The maximum atomic E-state index is 12.0. The fourth-order valence-electron chi connectivity index (χ4n) is 2.28. The number of amides is 1. The number of hydrogen-bond donors (Lipinski definition) is 1. The van der Waals surface area contributed by atoms with Crippen molar-refractivity contribution in [3.8, 4) is 0 Å². The molecule has 0 aliphatic carbocycles. The topological polar surface area (TPSA) is 64.7 Å². The Kier molecular flexibility index (Phi) is 4.00. The largest absolute Gasteiger partial charge is 0.328 e. The van der Waals surface area contributed by atoms with E-state index in [9.17, 15) is 4.79 Å². The molecule has 0 aliphatic rings. The van der Waals surface area contributed by atoms with Crippen molar-refractivity contribution in [1.29, 1.82) is 0 Å². The first-order valence-corrected chi connectivity index (χ1v) is 7.03. The Hall–Kier alpha value is -2.89. The normalized spacial score (nSPS) is 10.6. The quantitative estimate of drug-likeness (QED) is 0.783. The first-order valence-electron chi connectivity index (χ1n) is 7.03. The highest BCUT2D eigenvalue weighted by atomic mass is 16.2. The smallest absolute Gasteiger partial charge is 0.245 e. The standard InChI is InChI=1S/C16H17N5O/c1-13-3-2-4-14(9-13)10-21-15(5-6-18-21)19-16(22)11-20-8-7-17-12-20/h2-9,12H,10-11H2,1H3,(H,19,22). The Balaban J connectivity index is 1.68. The number of aromatic nitrogens is 4. The number of aryl methyl sites for hydroxylation is 1. The third kappa shape index (κ3) is 3.41. The predicted molar refractivity (Wildman–Crippen MR) is 83.4 cm³/mol. The summed E-state index contributed by atoms with van der Waals surface area (Å²) in [7, 11) is 0. The van der Waals surface area contributed by atoms with Crippen LogP contribution in [0.15, 0.2) is 55.2 Å². The van der Waals surface area contributed by atoms with E-state index < -0.39 is 0 Å². The Morgan fingerprint density at radius 3 is 2.95 bits per heavy atom. The van der Waals surface area contributed by atoms with Gasteiger partial charge in [0.25, 0.3) is 0 Å². The van der Waals surface area contributed by atoms with Gasteiger partial charge in [-0.25, -0.2) is 9.67 Å². The lowest BCUT2D eigenvalue weighted by Crippen LogP contribution is -2.20. The Morgan fingerprint density at radius 1 is 1.27 bits per heavy atom. The minimum Gasteiger partial charge on any atom is -0.328 e. The van der Waals surface area contributed by atoms with Crippen molar-refractivity contribution in [3.63, 3.8) is 0 Å². The van der Waals surface area contributed by atoms with Gasteiger partial charge in [-0.3, -0.25) is 4.79 Å². The highest BCUT2D eigenvalue weighted by Gasteiger charge is 2.08. The fourth-order valence-corrected chi connectivity index (χ4v) is 2.28. The molecule has 2 heterocycles. The van der Waals surface area contributed by atoms with Crippen LogP contribution in [0.1, 0.15) is 11.1 Å². The van der Waals surface area contributed by atoms with E-state index in [-0.39, 0.29) is 12.5 Å². The third-order valence-electron chi connectivity index (χ3n) is 3.28. The summed E-state index contributed by atoms with van der Waals surface area (Å²) in [4.78, 5) is 16.0. The molecule has 0 saturated heterocycles. The molecule has 0 spiro atoms. The Labute approximate surface area is 128 Å². The molecule has 0 radical (unpaired) electrons. The molecule has 112 valence electrons. The van der Waals surface area contributed by atoms with Crippen molar-refractivity contribution in [2.45, 2.75) is 20.0 Å². The zero-order valence-corrected chi connectivity index (χ0v) is 12.3. The SMILES string of the molecule is Cc1cccc(Cn2nccc2NC(=O)Cn2ccnc2)c1. The molecule has 0 unspecified atom stereocenters. The van der Waals surface area contributed by atoms with Crippen LogP contribution in [0, 0.1) is 6.92 Å². The van der Waals surface area contributed by atoms with Gasteiger partial charge in [0.05, 0.1) is 19.1 Å². The van der Waals surface area contributed by atoms with Crippen molar-refractivity contribution in [1.82, 2.24) is 19.3 Å². The van der Waals surface area contributed by atoms with Crippen LogP contribution in [0.2, 0.25) is 0 Å². The predicted octanol–water partition coefficient (Wildman–Crippen LogP) is 2.08. The Morgan fingerprint density at radius 2 is 2.18 bits per heavy atom. The number of hydrogen-bond acceptors (Lipinski definition) is 3. The van der Waals surface area contributed by atoms with Gasteiger partial charge in [-0.1, -0.05) is 29.8 Å². The van der Waals surface area contributed by atoms with Crippen LogP contribution in [0.3, 0.4) is 0 Å². The maximum absolute atomic E-state index is 12.0. The molecule has 2 aromatic heterocycles. The molecule has 0 aliphatic heterocycles. The second kappa shape index (κ2) is 6.26. The van der Waals surface area contributed by atoms with Gasteiger partial charge in [0.15, 0.2) is 0 Å². The average molecular weight is 295 g/mol. The summed E-state index contributed by atoms with van der Waals surface area (Å²) in [5.74, 6) is 0.579. The van der Waals surface area contributed by atoms with Crippen molar-refractivity contribution in [2.24, 2.45) is 0 Å². The molecule has 1 aromatic carbocycles. The van der Waals surface area contributed by atoms with Crippen molar-refractivity contribution in [3.05, 3.63) is 66.4 Å². The highest BCUT2D eigenvalue weighted by Crippen LogP contribution is 2.11. The molecular weight excluding hydrogens is 278 g/mol. The van der Waals surface area contributed by atoms with Crippen molar-refractivity contribution in [2.75, 3.05) is 5.32 Å². The number of rotatable bonds is 5. The van der Waals surface area contributed by atoms with E-state index >= 15 is 0 Å². The summed E-state index contributed by atoms with van der Waals surface area (Å²) in [6.07, 6.45) is 6.70. The monoisotopic (exact) mass is 295 g/mol. The summed E-state index contributed by atoms with van der Waals surface area (Å²) in [6.45, 7) is 2.91. The summed E-state index contributed by atoms with van der Waals surface area (Å²) in [5.41, 5.74) is 2.35. The summed E-state index contributed by atoms with van der Waals surface area (Å²) >= 11 is 0. The Bertz CT molecular complexity index is 760. The van der Waals surface area contributed by atoms with Crippen LogP contribution in [0.4, 0.5) is 5.82 Å². The number of benzene rings is 1. The minimum absolute atomic E-state index is 0.107. The van der Waals surface area contributed by atoms with Gasteiger partial charge in [0, 0.05) is 18.5 Å². The molecule has 1 amide bonds. The number of carbonyl (C=O) groups excluding carboxylic acids is 1. The number of nitrogens with one attached hydrogen (secondary N) is 1. The molecule has 6 heteroatoms. The van der Waals surface area contributed by atoms with Gasteiger partial charge < -0.3 is 9.88 Å². The van der Waals surface area contributed by atoms with Crippen LogP contribution in [-0.2, 0) is 17.9 Å². The molecule has 0 saturated carbocycles. The van der Waals surface area contributed by atoms with E-state index in [0.29, 0.717) is 12.4 Å².